The van der Waals surface area contributed by atoms with Gasteiger partial charge in [-0.1, -0.05) is 22.9 Å². The van der Waals surface area contributed by atoms with Crippen LogP contribution in [-0.2, 0) is 4.74 Å². The molecule has 15 heavy (non-hydrogen) atoms. The SMILES string of the molecule is CC1CCC(CBr)(OCC(F)(F)F)CC1. The fourth-order valence-electron chi connectivity index (χ4n) is 1.84. The van der Waals surface area contributed by atoms with Gasteiger partial charge in [0.05, 0.1) is 5.60 Å². The van der Waals surface area contributed by atoms with Gasteiger partial charge in [0.25, 0.3) is 0 Å². The highest BCUT2D eigenvalue weighted by Gasteiger charge is 2.38. The first kappa shape index (κ1) is 13.3. The van der Waals surface area contributed by atoms with Crippen molar-refractivity contribution in [3.63, 3.8) is 0 Å². The molecule has 5 heteroatoms. The summed E-state index contributed by atoms with van der Waals surface area (Å²) >= 11 is 3.26. The van der Waals surface area contributed by atoms with Gasteiger partial charge in [0, 0.05) is 5.33 Å². The highest BCUT2D eigenvalue weighted by atomic mass is 79.9. The molecule has 0 saturated heterocycles. The Balaban J connectivity index is 2.47. The molecule has 0 bridgehead atoms. The lowest BCUT2D eigenvalue weighted by atomic mass is 9.80. The van der Waals surface area contributed by atoms with Crippen LogP contribution in [0, 0.1) is 5.92 Å². The van der Waals surface area contributed by atoms with Gasteiger partial charge in [0.1, 0.15) is 6.61 Å². The van der Waals surface area contributed by atoms with Crippen LogP contribution < -0.4 is 0 Å². The third kappa shape index (κ3) is 4.31. The molecule has 0 spiro atoms. The molecule has 0 aromatic heterocycles. The normalized spacial score (nSPS) is 33.0. The van der Waals surface area contributed by atoms with E-state index in [0.29, 0.717) is 11.2 Å². The molecule has 1 aliphatic rings. The lowest BCUT2D eigenvalue weighted by molar-refractivity contribution is -0.207. The Kier molecular flexibility index (Phi) is 4.47. The first-order chi connectivity index (χ1) is 6.87. The van der Waals surface area contributed by atoms with E-state index in [0.717, 1.165) is 25.7 Å². The van der Waals surface area contributed by atoms with Crippen molar-refractivity contribution < 1.29 is 17.9 Å². The van der Waals surface area contributed by atoms with Gasteiger partial charge in [-0.15, -0.1) is 0 Å². The highest BCUT2D eigenvalue weighted by molar-refractivity contribution is 9.09. The van der Waals surface area contributed by atoms with Gasteiger partial charge in [-0.05, 0) is 31.6 Å². The zero-order chi connectivity index (χ0) is 11.5. The average molecular weight is 289 g/mol. The summed E-state index contributed by atoms with van der Waals surface area (Å²) in [6.45, 7) is 0.995. The van der Waals surface area contributed by atoms with Gasteiger partial charge in [-0.2, -0.15) is 13.2 Å². The second-order valence-corrected chi connectivity index (χ2v) is 4.96. The summed E-state index contributed by atoms with van der Waals surface area (Å²) in [7, 11) is 0. The minimum absolute atomic E-state index is 0.489. The molecule has 0 unspecified atom stereocenters. The van der Waals surface area contributed by atoms with E-state index in [1.54, 1.807) is 0 Å². The van der Waals surface area contributed by atoms with E-state index >= 15 is 0 Å². The largest absolute Gasteiger partial charge is 0.411 e. The Hall–Kier alpha value is 0.230. The molecule has 0 atom stereocenters. The molecule has 0 amide bonds. The Labute approximate surface area is 96.5 Å². The molecule has 1 aliphatic carbocycles. The molecule has 1 fully saturated rings. The lowest BCUT2D eigenvalue weighted by Gasteiger charge is -2.38. The summed E-state index contributed by atoms with van der Waals surface area (Å²) in [5.74, 6) is 0.603. The van der Waals surface area contributed by atoms with Gasteiger partial charge < -0.3 is 4.74 Å². The molecular weight excluding hydrogens is 273 g/mol. The van der Waals surface area contributed by atoms with Crippen LogP contribution in [0.25, 0.3) is 0 Å². The topological polar surface area (TPSA) is 9.23 Å². The monoisotopic (exact) mass is 288 g/mol. The predicted octanol–water partition coefficient (Wildman–Crippen LogP) is 3.91. The minimum atomic E-state index is -4.22. The van der Waals surface area contributed by atoms with Crippen LogP contribution in [0.2, 0.25) is 0 Å². The Morgan fingerprint density at radius 1 is 1.33 bits per heavy atom. The van der Waals surface area contributed by atoms with E-state index in [2.05, 4.69) is 22.9 Å². The zero-order valence-corrected chi connectivity index (χ0v) is 10.3. The van der Waals surface area contributed by atoms with Gasteiger partial charge in [-0.3, -0.25) is 0 Å². The molecule has 90 valence electrons. The molecule has 0 aromatic carbocycles. The number of hydrogen-bond acceptors (Lipinski definition) is 1. The molecule has 0 aromatic rings. The van der Waals surface area contributed by atoms with Crippen molar-refractivity contribution in [1.82, 2.24) is 0 Å². The van der Waals surface area contributed by atoms with Crippen molar-refractivity contribution in [2.75, 3.05) is 11.9 Å². The summed E-state index contributed by atoms with van der Waals surface area (Å²) in [5.41, 5.74) is -0.595. The quantitative estimate of drug-likeness (QED) is 0.716. The minimum Gasteiger partial charge on any atom is -0.365 e. The maximum Gasteiger partial charge on any atom is 0.411 e. The summed E-state index contributed by atoms with van der Waals surface area (Å²) in [6.07, 6.45) is -0.893. The van der Waals surface area contributed by atoms with Crippen molar-refractivity contribution in [2.45, 2.75) is 44.4 Å². The van der Waals surface area contributed by atoms with Gasteiger partial charge >= 0.3 is 6.18 Å². The van der Waals surface area contributed by atoms with E-state index < -0.39 is 18.4 Å². The summed E-state index contributed by atoms with van der Waals surface area (Å²) in [6, 6.07) is 0. The van der Waals surface area contributed by atoms with E-state index in [1.165, 1.54) is 0 Å². The zero-order valence-electron chi connectivity index (χ0n) is 8.74. The van der Waals surface area contributed by atoms with Gasteiger partial charge in [0.15, 0.2) is 0 Å². The van der Waals surface area contributed by atoms with Crippen molar-refractivity contribution >= 4 is 15.9 Å². The number of halogens is 4. The standard InChI is InChI=1S/C10H16BrF3O/c1-8-2-4-9(6-11,5-3-8)15-7-10(12,13)14/h8H,2-7H2,1H3. The predicted molar refractivity (Wildman–Crippen MR) is 56.2 cm³/mol. The average Bonchev–Trinajstić information content (AvgIpc) is 2.17. The second kappa shape index (κ2) is 5.04. The fourth-order valence-corrected chi connectivity index (χ4v) is 2.56. The van der Waals surface area contributed by atoms with Crippen molar-refractivity contribution in [2.24, 2.45) is 5.92 Å². The maximum atomic E-state index is 12.1. The molecule has 0 radical (unpaired) electrons. The molecule has 0 heterocycles. The number of rotatable bonds is 3. The van der Waals surface area contributed by atoms with Crippen LogP contribution in [-0.4, -0.2) is 23.7 Å². The molecule has 1 nitrogen and oxygen atoms in total. The second-order valence-electron chi connectivity index (χ2n) is 4.40. The Morgan fingerprint density at radius 3 is 2.27 bits per heavy atom. The van der Waals surface area contributed by atoms with Crippen LogP contribution in [0.5, 0.6) is 0 Å². The van der Waals surface area contributed by atoms with Crippen LogP contribution in [0.15, 0.2) is 0 Å². The van der Waals surface area contributed by atoms with Crippen LogP contribution in [0.4, 0.5) is 13.2 Å². The van der Waals surface area contributed by atoms with E-state index in [-0.39, 0.29) is 0 Å². The van der Waals surface area contributed by atoms with Crippen molar-refractivity contribution in [3.05, 3.63) is 0 Å². The number of alkyl halides is 4. The molecule has 0 aliphatic heterocycles. The van der Waals surface area contributed by atoms with Crippen LogP contribution in [0.3, 0.4) is 0 Å². The molecule has 1 saturated carbocycles. The fraction of sp³-hybridized carbons (Fsp3) is 1.00. The lowest BCUT2D eigenvalue weighted by Crippen LogP contribution is -2.41. The summed E-state index contributed by atoms with van der Waals surface area (Å²) in [4.78, 5) is 0. The number of ether oxygens (including phenoxy) is 1. The van der Waals surface area contributed by atoms with Crippen molar-refractivity contribution in [3.8, 4) is 0 Å². The highest BCUT2D eigenvalue weighted by Crippen LogP contribution is 2.37. The Morgan fingerprint density at radius 2 is 1.87 bits per heavy atom. The van der Waals surface area contributed by atoms with E-state index in [1.807, 2.05) is 0 Å². The maximum absolute atomic E-state index is 12.1. The first-order valence-electron chi connectivity index (χ1n) is 5.14. The molecule has 1 rings (SSSR count). The molecular formula is C10H16BrF3O. The summed E-state index contributed by atoms with van der Waals surface area (Å²) in [5, 5.41) is 0.489. The first-order valence-corrected chi connectivity index (χ1v) is 6.26. The van der Waals surface area contributed by atoms with Gasteiger partial charge in [0.2, 0.25) is 0 Å². The van der Waals surface area contributed by atoms with Gasteiger partial charge in [-0.25, -0.2) is 0 Å². The van der Waals surface area contributed by atoms with E-state index in [4.69, 9.17) is 4.74 Å². The van der Waals surface area contributed by atoms with Crippen LogP contribution in [0.1, 0.15) is 32.6 Å². The third-order valence-electron chi connectivity index (χ3n) is 2.97. The van der Waals surface area contributed by atoms with Crippen molar-refractivity contribution in [1.29, 1.82) is 0 Å². The summed E-state index contributed by atoms with van der Waals surface area (Å²) < 4.78 is 41.2. The Bertz CT molecular complexity index is 197. The van der Waals surface area contributed by atoms with Crippen LogP contribution >= 0.6 is 15.9 Å². The number of hydrogen-bond donors (Lipinski definition) is 0. The molecule has 0 N–H and O–H groups in total. The van der Waals surface area contributed by atoms with E-state index in [9.17, 15) is 13.2 Å². The smallest absolute Gasteiger partial charge is 0.365 e. The third-order valence-corrected chi connectivity index (χ3v) is 3.99.